The molecule has 1 saturated heterocycles. The minimum atomic E-state index is 0.101. The third-order valence-corrected chi connectivity index (χ3v) is 9.57. The van der Waals surface area contributed by atoms with Crippen LogP contribution in [0.15, 0.2) is 10.00 Å². The summed E-state index contributed by atoms with van der Waals surface area (Å²) >= 11 is 5.31. The second-order valence-corrected chi connectivity index (χ2v) is 13.6. The molecule has 1 aliphatic heterocycles. The van der Waals surface area contributed by atoms with Gasteiger partial charge >= 0.3 is 159 Å². The molecule has 0 amide bonds. The number of rotatable bonds is 7. The number of thioether (sulfide) groups is 2. The van der Waals surface area contributed by atoms with Crippen LogP contribution in [0.2, 0.25) is 0 Å². The predicted octanol–water partition coefficient (Wildman–Crippen LogP) is 5.54. The molecular formula is C21H36NO4PS2W. The molecule has 0 aromatic heterocycles. The van der Waals surface area contributed by atoms with Gasteiger partial charge in [-0.05, 0) is 18.5 Å². The number of hydrogen-bond donors (Lipinski definition) is 1. The maximum atomic E-state index is 7.50. The maximum absolute atomic E-state index is 7.50. The summed E-state index contributed by atoms with van der Waals surface area (Å²) in [5, 5.41) is 3.55. The fraction of sp³-hybridized carbons (Fsp3) is 0.714. The van der Waals surface area contributed by atoms with Gasteiger partial charge in [0, 0.05) is 0 Å². The predicted molar refractivity (Wildman–Crippen MR) is 126 cm³/mol. The molecule has 5 nitrogen and oxygen atoms in total. The van der Waals surface area contributed by atoms with Crippen molar-refractivity contribution in [3.8, 4) is 0 Å². The van der Waals surface area contributed by atoms with Crippen molar-refractivity contribution >= 4 is 35.5 Å². The van der Waals surface area contributed by atoms with Crippen molar-refractivity contribution in [3.63, 3.8) is 0 Å². The molecule has 9 heteroatoms. The standard InChI is InChI=1S/C12H21NOS2.C6H15P.3CO.W/c1-5-14-10(9-13-12(2,3)4)11-15-7-6-8-16-11;1-4-7(5-2)6-3;3*1-2;/h13H,5-8H2,1-4H3;4-6H2,1-3H3;;;;. The molecule has 172 valence electrons. The third kappa shape index (κ3) is 23.1. The van der Waals surface area contributed by atoms with Crippen molar-refractivity contribution in [2.24, 2.45) is 0 Å². The number of hydrogen-bond acceptors (Lipinski definition) is 4. The van der Waals surface area contributed by atoms with Crippen molar-refractivity contribution in [3.05, 3.63) is 29.9 Å². The van der Waals surface area contributed by atoms with E-state index in [-0.39, 0.29) is 5.54 Å². The van der Waals surface area contributed by atoms with Crippen LogP contribution in [0.4, 0.5) is 0 Å². The SMILES string of the molecule is CCOC([C](=[W])NC(C)(C)C)=C1SCCCS1.CCP(CC)CC.[C-]#[O+].[C-]#[O+].[C-]#[O+]. The summed E-state index contributed by atoms with van der Waals surface area (Å²) in [6.45, 7) is 29.7. The molecule has 1 N–H and O–H groups in total. The van der Waals surface area contributed by atoms with Gasteiger partial charge in [-0.1, -0.05) is 20.8 Å². The average Bonchev–Trinajstić information content (AvgIpc) is 2.77. The van der Waals surface area contributed by atoms with Gasteiger partial charge in [0.2, 0.25) is 0 Å². The van der Waals surface area contributed by atoms with E-state index in [1.54, 1.807) is 0 Å². The Kier molecular flexibility index (Phi) is 34.5. The van der Waals surface area contributed by atoms with Crippen molar-refractivity contribution in [1.82, 2.24) is 5.32 Å². The summed E-state index contributed by atoms with van der Waals surface area (Å²) in [7, 11) is 0.446. The monoisotopic (exact) mass is 645 g/mol. The molecule has 0 atom stereocenters. The quantitative estimate of drug-likeness (QED) is 0.171. The van der Waals surface area contributed by atoms with Crippen LogP contribution in [0, 0.1) is 20.0 Å². The first-order valence-corrected chi connectivity index (χ1v) is 14.9. The molecule has 1 heterocycles. The Hall–Kier alpha value is 0.408. The first kappa shape index (κ1) is 37.7. The summed E-state index contributed by atoms with van der Waals surface area (Å²) in [5.41, 5.74) is 0.101. The summed E-state index contributed by atoms with van der Waals surface area (Å²) in [6, 6.07) is 0. The fourth-order valence-electron chi connectivity index (χ4n) is 1.99. The Morgan fingerprint density at radius 3 is 1.63 bits per heavy atom. The zero-order chi connectivity index (χ0) is 24.6. The average molecular weight is 645 g/mol. The summed E-state index contributed by atoms with van der Waals surface area (Å²) in [6.07, 6.45) is 5.56. The van der Waals surface area contributed by atoms with Crippen molar-refractivity contribution in [2.45, 2.75) is 60.4 Å². The number of ether oxygens (including phenoxy) is 1. The molecule has 0 saturated carbocycles. The Bertz CT molecular complexity index is 486. The van der Waals surface area contributed by atoms with Crippen LogP contribution in [0.3, 0.4) is 0 Å². The second-order valence-electron chi connectivity index (χ2n) is 6.42. The zero-order valence-electron chi connectivity index (χ0n) is 19.3. The van der Waals surface area contributed by atoms with Crippen LogP contribution in [0.1, 0.15) is 54.9 Å². The van der Waals surface area contributed by atoms with Crippen LogP contribution in [-0.2, 0) is 38.0 Å². The van der Waals surface area contributed by atoms with Crippen molar-refractivity contribution < 1.29 is 38.0 Å². The van der Waals surface area contributed by atoms with Gasteiger partial charge in [0.15, 0.2) is 0 Å². The van der Waals surface area contributed by atoms with E-state index in [9.17, 15) is 0 Å². The molecule has 0 aromatic carbocycles. The van der Waals surface area contributed by atoms with Gasteiger partial charge < -0.3 is 0 Å². The molecule has 0 bridgehead atoms. The van der Waals surface area contributed by atoms with E-state index < -0.39 is 0 Å². The van der Waals surface area contributed by atoms with Gasteiger partial charge in [0.1, 0.15) is 0 Å². The topological polar surface area (TPSA) is 81.0 Å². The Labute approximate surface area is 205 Å². The van der Waals surface area contributed by atoms with Gasteiger partial charge in [-0.25, -0.2) is 0 Å². The van der Waals surface area contributed by atoms with Gasteiger partial charge in [-0.3, -0.25) is 0 Å². The molecular weight excluding hydrogens is 609 g/mol. The van der Waals surface area contributed by atoms with Gasteiger partial charge in [-0.2, -0.15) is 0 Å². The van der Waals surface area contributed by atoms with Crippen LogP contribution in [0.5, 0.6) is 0 Å². The minimum absolute atomic E-state index is 0.101. The van der Waals surface area contributed by atoms with Crippen LogP contribution in [-0.4, -0.2) is 46.2 Å². The van der Waals surface area contributed by atoms with E-state index in [0.717, 1.165) is 12.4 Å². The van der Waals surface area contributed by atoms with Crippen LogP contribution in [0.25, 0.3) is 0 Å². The molecule has 0 aromatic rings. The molecule has 0 spiro atoms. The molecule has 0 radical (unpaired) electrons. The van der Waals surface area contributed by atoms with Crippen molar-refractivity contribution in [1.29, 1.82) is 0 Å². The molecule has 1 aliphatic rings. The fourth-order valence-corrected chi connectivity index (χ4v) is 8.07. The van der Waals surface area contributed by atoms with E-state index in [2.05, 4.69) is 73.7 Å². The van der Waals surface area contributed by atoms with E-state index in [0.29, 0.717) is 7.92 Å². The van der Waals surface area contributed by atoms with E-state index >= 15 is 0 Å². The van der Waals surface area contributed by atoms with E-state index in [1.807, 2.05) is 23.5 Å². The third-order valence-electron chi connectivity index (χ3n) is 3.27. The van der Waals surface area contributed by atoms with Crippen LogP contribution >= 0.6 is 31.4 Å². The van der Waals surface area contributed by atoms with Crippen molar-refractivity contribution in [2.75, 3.05) is 36.6 Å². The zero-order valence-corrected chi connectivity index (χ0v) is 24.7. The molecule has 1 fully saturated rings. The molecule has 1 rings (SSSR count). The van der Waals surface area contributed by atoms with Crippen LogP contribution < -0.4 is 5.32 Å². The first-order valence-electron chi connectivity index (χ1n) is 9.57. The normalized spacial score (nSPS) is 12.1. The molecule has 30 heavy (non-hydrogen) atoms. The van der Waals surface area contributed by atoms with Gasteiger partial charge in [0.25, 0.3) is 0 Å². The second kappa shape index (κ2) is 27.4. The summed E-state index contributed by atoms with van der Waals surface area (Å²) in [4.78, 5) is 0. The summed E-state index contributed by atoms with van der Waals surface area (Å²) in [5.74, 6) is 3.53. The number of nitrogens with one attached hydrogen (secondary N) is 1. The molecule has 0 unspecified atom stereocenters. The Balaban J connectivity index is -0.000000218. The Morgan fingerprint density at radius 1 is 0.967 bits per heavy atom. The van der Waals surface area contributed by atoms with E-state index in [4.69, 9.17) is 18.7 Å². The molecule has 0 aliphatic carbocycles. The van der Waals surface area contributed by atoms with Gasteiger partial charge in [0.05, 0.1) is 0 Å². The van der Waals surface area contributed by atoms with Gasteiger partial charge in [-0.15, -0.1) is 7.92 Å². The summed E-state index contributed by atoms with van der Waals surface area (Å²) < 4.78 is 30.9. The Morgan fingerprint density at radius 2 is 1.37 bits per heavy atom. The van der Waals surface area contributed by atoms with E-state index in [1.165, 1.54) is 64.0 Å². The first-order chi connectivity index (χ1) is 14.3.